The molecule has 2 N–H and O–H groups in total. The van der Waals surface area contributed by atoms with E-state index >= 15 is 8.78 Å². The Balaban J connectivity index is 0.665. The van der Waals surface area contributed by atoms with Crippen molar-refractivity contribution in [3.05, 3.63) is 154 Å². The van der Waals surface area contributed by atoms with Gasteiger partial charge in [0, 0.05) is 24.0 Å². The highest BCUT2D eigenvalue weighted by atomic mass is 19.1. The first-order valence-corrected chi connectivity index (χ1v) is 24.8. The SMILES string of the molecule is O=C(N[C@@H](c1ccccc1)c1ccc(C2CC2)c(F)n1)[C@@H]1C[C@@H](F)CN1C(=O)Cn1cc(COCCOCc2cn(CC(=O)N3C[C@H](F)C[C@H]3C(=O)N[C@@H](c3ccccc3)c3ccc(C4CC4)c(F)n3)nn2)nn1. The van der Waals surface area contributed by atoms with Crippen molar-refractivity contribution in [2.75, 3.05) is 26.3 Å². The number of hydrogen-bond donors (Lipinski definition) is 2. The summed E-state index contributed by atoms with van der Waals surface area (Å²) in [6, 6.07) is 20.7. The Hall–Kier alpha value is -7.46. The number of likely N-dealkylation sites (tertiary alicyclic amines) is 2. The standard InChI is InChI=1S/C52H54F4N12O6/c53-35-21-43(51(71)59-47(33-7-3-1-4-8-33)41-17-15-39(31-11-12-31)49(55)57-41)67(23-35)45(69)27-65-25-37(61-63-65)29-73-19-20-74-30-38-26-66(64-62-38)28-46(70)68-24-36(54)22-44(68)52(72)60-48(34-9-5-2-6-10-34)42-18-16-40(32-13-14-32)50(56)58-42/h1-10,15-18,25-26,31-32,35-36,43-44,47-48H,11-14,19-24,27-30H2,(H,59,71)(H,60,72)/t35-,36-,43+,44+,47+,48+/m1/s1. The molecule has 0 radical (unpaired) electrons. The first-order valence-electron chi connectivity index (χ1n) is 24.8. The van der Waals surface area contributed by atoms with Crippen LogP contribution in [0.5, 0.6) is 0 Å². The molecule has 4 fully saturated rings. The maximum Gasteiger partial charge on any atom is 0.245 e. The number of pyridine rings is 2. The molecule has 4 amide bonds. The fraction of sp³-hybridized carbons (Fsp3) is 0.423. The van der Waals surface area contributed by atoms with E-state index in [1.807, 2.05) is 12.1 Å². The topological polar surface area (TPSA) is 204 Å². The van der Waals surface area contributed by atoms with Crippen molar-refractivity contribution in [2.24, 2.45) is 0 Å². The molecule has 4 aliphatic rings. The van der Waals surface area contributed by atoms with Gasteiger partial charge in [-0.2, -0.15) is 8.78 Å². The van der Waals surface area contributed by atoms with E-state index in [1.54, 1.807) is 72.8 Å². The van der Waals surface area contributed by atoms with Gasteiger partial charge in [0.15, 0.2) is 0 Å². The number of alkyl halides is 2. The van der Waals surface area contributed by atoms with Crippen LogP contribution in [0.15, 0.2) is 97.3 Å². The van der Waals surface area contributed by atoms with Gasteiger partial charge in [-0.3, -0.25) is 19.2 Å². The average molecular weight is 1020 g/mol. The minimum atomic E-state index is -1.44. The molecule has 74 heavy (non-hydrogen) atoms. The number of nitrogens with one attached hydrogen (secondary N) is 2. The fourth-order valence-corrected chi connectivity index (χ4v) is 9.57. The molecule has 4 aromatic heterocycles. The van der Waals surface area contributed by atoms with Gasteiger partial charge < -0.3 is 29.9 Å². The van der Waals surface area contributed by atoms with Crippen molar-refractivity contribution < 1.29 is 46.2 Å². The second kappa shape index (κ2) is 22.3. The molecule has 2 aromatic carbocycles. The van der Waals surface area contributed by atoms with Gasteiger partial charge >= 0.3 is 0 Å². The lowest BCUT2D eigenvalue weighted by molar-refractivity contribution is -0.139. The van der Waals surface area contributed by atoms with Gasteiger partial charge in [0.1, 0.15) is 48.9 Å². The summed E-state index contributed by atoms with van der Waals surface area (Å²) >= 11 is 0. The zero-order chi connectivity index (χ0) is 51.3. The summed E-state index contributed by atoms with van der Waals surface area (Å²) in [6.45, 7) is -0.861. The average Bonchev–Trinajstić information content (AvgIpc) is 4.24. The Labute approximate surface area is 422 Å². The van der Waals surface area contributed by atoms with Crippen LogP contribution in [-0.4, -0.2) is 124 Å². The summed E-state index contributed by atoms with van der Waals surface area (Å²) in [7, 11) is 0. The number of amides is 4. The Morgan fingerprint density at radius 1 is 0.581 bits per heavy atom. The lowest BCUT2D eigenvalue weighted by Crippen LogP contribution is -2.48. The van der Waals surface area contributed by atoms with Gasteiger partial charge in [-0.15, -0.1) is 10.2 Å². The molecule has 10 rings (SSSR count). The van der Waals surface area contributed by atoms with Gasteiger partial charge in [0.2, 0.25) is 35.5 Å². The van der Waals surface area contributed by atoms with Crippen molar-refractivity contribution in [3.8, 4) is 0 Å². The second-order valence-electron chi connectivity index (χ2n) is 19.2. The van der Waals surface area contributed by atoms with E-state index in [0.717, 1.165) is 25.7 Å². The fourth-order valence-electron chi connectivity index (χ4n) is 9.57. The van der Waals surface area contributed by atoms with Crippen molar-refractivity contribution in [1.29, 1.82) is 0 Å². The maximum absolute atomic E-state index is 15.1. The van der Waals surface area contributed by atoms with Gasteiger partial charge in [-0.1, -0.05) is 83.2 Å². The normalized spacial score (nSPS) is 20.4. The molecule has 2 saturated carbocycles. The third-order valence-corrected chi connectivity index (χ3v) is 13.6. The van der Waals surface area contributed by atoms with Crippen LogP contribution in [0.25, 0.3) is 0 Å². The van der Waals surface area contributed by atoms with Crippen LogP contribution in [0.4, 0.5) is 17.6 Å². The summed E-state index contributed by atoms with van der Waals surface area (Å²) in [6.07, 6.45) is 3.31. The molecule has 2 saturated heterocycles. The number of carbonyl (C=O) groups is 4. The predicted octanol–water partition coefficient (Wildman–Crippen LogP) is 5.12. The van der Waals surface area contributed by atoms with Crippen LogP contribution >= 0.6 is 0 Å². The quantitative estimate of drug-likeness (QED) is 0.0549. The second-order valence-corrected chi connectivity index (χ2v) is 19.2. The number of rotatable bonds is 21. The Bertz CT molecular complexity index is 2760. The van der Waals surface area contributed by atoms with Crippen LogP contribution in [0, 0.1) is 11.9 Å². The van der Waals surface area contributed by atoms with Crippen LogP contribution in [0.2, 0.25) is 0 Å². The zero-order valence-electron chi connectivity index (χ0n) is 40.2. The highest BCUT2D eigenvalue weighted by Gasteiger charge is 2.43. The van der Waals surface area contributed by atoms with Gasteiger partial charge in [0.05, 0.1) is 75.4 Å². The molecule has 386 valence electrons. The third-order valence-electron chi connectivity index (χ3n) is 13.6. The molecule has 22 heteroatoms. The lowest BCUT2D eigenvalue weighted by atomic mass is 10.0. The molecule has 0 unspecified atom stereocenters. The van der Waals surface area contributed by atoms with Gasteiger partial charge in [-0.25, -0.2) is 28.1 Å². The minimum Gasteiger partial charge on any atom is -0.373 e. The van der Waals surface area contributed by atoms with Crippen molar-refractivity contribution in [3.63, 3.8) is 0 Å². The first-order chi connectivity index (χ1) is 35.9. The summed E-state index contributed by atoms with van der Waals surface area (Å²) in [5.74, 6) is -3.16. The minimum absolute atomic E-state index is 0.0271. The summed E-state index contributed by atoms with van der Waals surface area (Å²) in [5.41, 5.74) is 3.76. The molecule has 0 bridgehead atoms. The number of hydrogen-bond acceptors (Lipinski definition) is 12. The van der Waals surface area contributed by atoms with Crippen LogP contribution in [0.1, 0.15) is 107 Å². The molecule has 6 atom stereocenters. The summed E-state index contributed by atoms with van der Waals surface area (Å²) in [5, 5.41) is 22.0. The molecule has 18 nitrogen and oxygen atoms in total. The maximum atomic E-state index is 15.1. The summed E-state index contributed by atoms with van der Waals surface area (Å²) < 4.78 is 73.9. The van der Waals surface area contributed by atoms with Crippen molar-refractivity contribution >= 4 is 23.6 Å². The number of nitrogens with zero attached hydrogens (tertiary/aromatic N) is 10. The Kier molecular flexibility index (Phi) is 15.1. The molecule has 6 aromatic rings. The highest BCUT2D eigenvalue weighted by molar-refractivity contribution is 5.89. The highest BCUT2D eigenvalue weighted by Crippen LogP contribution is 2.42. The Morgan fingerprint density at radius 2 is 0.986 bits per heavy atom. The van der Waals surface area contributed by atoms with Crippen LogP contribution in [0.3, 0.4) is 0 Å². The van der Waals surface area contributed by atoms with E-state index in [2.05, 4.69) is 41.2 Å². The number of ether oxygens (including phenoxy) is 2. The first kappa shape index (κ1) is 50.1. The zero-order valence-corrected chi connectivity index (χ0v) is 40.2. The number of benzene rings is 2. The van der Waals surface area contributed by atoms with Crippen LogP contribution in [-0.2, 0) is 55.0 Å². The monoisotopic (exact) mass is 1020 g/mol. The molecule has 2 aliphatic heterocycles. The number of halogens is 4. The number of carbonyl (C=O) groups excluding carboxylic acids is 4. The molecule has 0 spiro atoms. The molecular formula is C52H54F4N12O6. The smallest absolute Gasteiger partial charge is 0.245 e. The Morgan fingerprint density at radius 3 is 1.36 bits per heavy atom. The molecule has 2 aliphatic carbocycles. The van der Waals surface area contributed by atoms with E-state index in [1.165, 1.54) is 31.6 Å². The van der Waals surface area contributed by atoms with Gasteiger partial charge in [-0.05, 0) is 60.8 Å². The van der Waals surface area contributed by atoms with E-state index < -0.39 is 72.0 Å². The summed E-state index contributed by atoms with van der Waals surface area (Å²) in [4.78, 5) is 65.4. The largest absolute Gasteiger partial charge is 0.373 e. The predicted molar refractivity (Wildman–Crippen MR) is 255 cm³/mol. The third kappa shape index (κ3) is 12.0. The van der Waals surface area contributed by atoms with E-state index in [4.69, 9.17) is 9.47 Å². The number of aromatic nitrogens is 8. The molecular weight excluding hydrogens is 965 g/mol. The van der Waals surface area contributed by atoms with Crippen molar-refractivity contribution in [2.45, 2.75) is 113 Å². The van der Waals surface area contributed by atoms with Gasteiger partial charge in [0.25, 0.3) is 0 Å². The van der Waals surface area contributed by atoms with E-state index in [-0.39, 0.29) is 88.7 Å². The van der Waals surface area contributed by atoms with Crippen molar-refractivity contribution in [1.82, 2.24) is 60.4 Å². The van der Waals surface area contributed by atoms with Crippen LogP contribution < -0.4 is 10.6 Å². The van der Waals surface area contributed by atoms with E-state index in [9.17, 15) is 28.0 Å². The lowest BCUT2D eigenvalue weighted by Gasteiger charge is -2.26. The van der Waals surface area contributed by atoms with E-state index in [0.29, 0.717) is 33.6 Å². The molecule has 6 heterocycles.